The van der Waals surface area contributed by atoms with Gasteiger partial charge in [0.1, 0.15) is 22.8 Å². The summed E-state index contributed by atoms with van der Waals surface area (Å²) in [4.78, 5) is 49.7. The largest absolute Gasteiger partial charge is 0.494 e. The predicted octanol–water partition coefficient (Wildman–Crippen LogP) is 3.71. The summed E-state index contributed by atoms with van der Waals surface area (Å²) in [6.45, 7) is 2.30. The highest BCUT2D eigenvalue weighted by Crippen LogP contribution is 2.27. The van der Waals surface area contributed by atoms with E-state index in [1.807, 2.05) is 6.92 Å². The van der Waals surface area contributed by atoms with Gasteiger partial charge in [0.25, 0.3) is 11.8 Å². The minimum absolute atomic E-state index is 0.0927. The van der Waals surface area contributed by atoms with Crippen LogP contribution in [0.4, 0.5) is 10.5 Å². The summed E-state index contributed by atoms with van der Waals surface area (Å²) in [5.74, 6) is -1.61. The van der Waals surface area contributed by atoms with Gasteiger partial charge in [-0.15, -0.1) is 0 Å². The van der Waals surface area contributed by atoms with Gasteiger partial charge in [-0.25, -0.2) is 14.5 Å². The molecular weight excluding hydrogens is 428 g/mol. The monoisotopic (exact) mass is 446 g/mol. The maximum Gasteiger partial charge on any atom is 0.335 e. The zero-order valence-electron chi connectivity index (χ0n) is 17.4. The second kappa shape index (κ2) is 8.83. The average molecular weight is 446 g/mol. The second-order valence-electron chi connectivity index (χ2n) is 6.97. The number of nitrogens with zero attached hydrogens (tertiary/aromatic N) is 1. The maximum atomic E-state index is 13.0. The number of barbiturate groups is 1. The Morgan fingerprint density at radius 1 is 1.09 bits per heavy atom. The van der Waals surface area contributed by atoms with Crippen molar-refractivity contribution >= 4 is 35.6 Å². The van der Waals surface area contributed by atoms with Crippen LogP contribution in [-0.2, 0) is 9.59 Å². The molecule has 9 heteroatoms. The van der Waals surface area contributed by atoms with E-state index in [0.717, 1.165) is 4.90 Å². The summed E-state index contributed by atoms with van der Waals surface area (Å²) in [6, 6.07) is 14.7. The van der Waals surface area contributed by atoms with Crippen LogP contribution in [-0.4, -0.2) is 35.5 Å². The Labute approximate surface area is 187 Å². The minimum Gasteiger partial charge on any atom is -0.494 e. The predicted molar refractivity (Wildman–Crippen MR) is 118 cm³/mol. The number of ether oxygens (including phenoxy) is 1. The van der Waals surface area contributed by atoms with Crippen LogP contribution in [0.2, 0.25) is 0 Å². The molecule has 0 atom stereocenters. The van der Waals surface area contributed by atoms with Crippen molar-refractivity contribution in [1.82, 2.24) is 5.32 Å². The first-order chi connectivity index (χ1) is 15.9. The molecule has 3 aromatic rings. The minimum atomic E-state index is -1.07. The molecule has 4 rings (SSSR count). The van der Waals surface area contributed by atoms with Crippen LogP contribution in [0.25, 0.3) is 17.4 Å². The highest BCUT2D eigenvalue weighted by molar-refractivity contribution is 6.39. The average Bonchev–Trinajstić information content (AvgIpc) is 3.27. The number of hydrogen-bond acceptors (Lipinski definition) is 6. The van der Waals surface area contributed by atoms with Crippen molar-refractivity contribution in [2.75, 3.05) is 11.5 Å². The Morgan fingerprint density at radius 3 is 2.55 bits per heavy atom. The van der Waals surface area contributed by atoms with Gasteiger partial charge in [0.2, 0.25) is 0 Å². The van der Waals surface area contributed by atoms with Gasteiger partial charge in [-0.1, -0.05) is 12.1 Å². The highest BCUT2D eigenvalue weighted by atomic mass is 16.5. The van der Waals surface area contributed by atoms with Crippen molar-refractivity contribution in [1.29, 1.82) is 0 Å². The number of benzene rings is 2. The van der Waals surface area contributed by atoms with Crippen molar-refractivity contribution in [3.8, 4) is 17.1 Å². The number of furan rings is 1. The molecule has 166 valence electrons. The molecule has 1 fully saturated rings. The molecule has 2 aromatic carbocycles. The summed E-state index contributed by atoms with van der Waals surface area (Å²) >= 11 is 0. The number of amides is 4. The van der Waals surface area contributed by atoms with Crippen LogP contribution in [0.1, 0.15) is 23.0 Å². The van der Waals surface area contributed by atoms with Crippen LogP contribution in [0.3, 0.4) is 0 Å². The third-order valence-corrected chi connectivity index (χ3v) is 4.82. The third kappa shape index (κ3) is 4.38. The molecule has 0 saturated carbocycles. The zero-order valence-corrected chi connectivity index (χ0v) is 17.4. The van der Waals surface area contributed by atoms with E-state index < -0.39 is 23.8 Å². The molecule has 9 nitrogen and oxygen atoms in total. The number of carboxylic acid groups (broad SMARTS) is 1. The van der Waals surface area contributed by atoms with Gasteiger partial charge in [0.05, 0.1) is 17.9 Å². The van der Waals surface area contributed by atoms with Crippen molar-refractivity contribution in [2.45, 2.75) is 6.92 Å². The lowest BCUT2D eigenvalue weighted by Crippen LogP contribution is -2.54. The van der Waals surface area contributed by atoms with Gasteiger partial charge in [0.15, 0.2) is 0 Å². The molecule has 0 aliphatic carbocycles. The molecule has 2 heterocycles. The highest BCUT2D eigenvalue weighted by Gasteiger charge is 2.37. The summed E-state index contributed by atoms with van der Waals surface area (Å²) in [5, 5.41) is 11.3. The summed E-state index contributed by atoms with van der Waals surface area (Å²) < 4.78 is 11.1. The zero-order chi connectivity index (χ0) is 23.5. The van der Waals surface area contributed by atoms with Crippen LogP contribution < -0.4 is 15.0 Å². The number of aromatic carboxylic acids is 1. The quantitative estimate of drug-likeness (QED) is 0.437. The van der Waals surface area contributed by atoms with Crippen LogP contribution in [0, 0.1) is 0 Å². The Kier molecular flexibility index (Phi) is 5.77. The van der Waals surface area contributed by atoms with Gasteiger partial charge in [-0.05, 0) is 61.5 Å². The molecular formula is C24H18N2O7. The molecule has 33 heavy (non-hydrogen) atoms. The Balaban J connectivity index is 1.63. The fraction of sp³-hybridized carbons (Fsp3) is 0.0833. The topological polar surface area (TPSA) is 126 Å². The van der Waals surface area contributed by atoms with Crippen molar-refractivity contribution in [3.63, 3.8) is 0 Å². The number of carbonyl (C=O) groups is 4. The van der Waals surface area contributed by atoms with Gasteiger partial charge in [0, 0.05) is 5.56 Å². The number of anilines is 1. The first-order valence-electron chi connectivity index (χ1n) is 9.95. The molecule has 1 aliphatic heterocycles. The van der Waals surface area contributed by atoms with Gasteiger partial charge < -0.3 is 14.3 Å². The van der Waals surface area contributed by atoms with Crippen LogP contribution in [0.5, 0.6) is 5.75 Å². The lowest BCUT2D eigenvalue weighted by Gasteiger charge is -2.26. The van der Waals surface area contributed by atoms with E-state index in [9.17, 15) is 19.2 Å². The summed E-state index contributed by atoms with van der Waals surface area (Å²) in [6.07, 6.45) is 1.23. The first-order valence-corrected chi connectivity index (χ1v) is 9.95. The fourth-order valence-corrected chi connectivity index (χ4v) is 3.28. The number of carboxylic acids is 1. The van der Waals surface area contributed by atoms with Gasteiger partial charge in [-0.2, -0.15) is 0 Å². The van der Waals surface area contributed by atoms with E-state index in [4.69, 9.17) is 14.3 Å². The Bertz CT molecular complexity index is 1290. The number of urea groups is 1. The van der Waals surface area contributed by atoms with E-state index >= 15 is 0 Å². The number of nitrogens with one attached hydrogen (secondary N) is 1. The number of hydrogen-bond donors (Lipinski definition) is 2. The van der Waals surface area contributed by atoms with Gasteiger partial charge >= 0.3 is 12.0 Å². The third-order valence-electron chi connectivity index (χ3n) is 4.82. The lowest BCUT2D eigenvalue weighted by molar-refractivity contribution is -0.122. The molecule has 0 bridgehead atoms. The Hall–Kier alpha value is -4.66. The molecule has 0 unspecified atom stereocenters. The first kappa shape index (κ1) is 21.6. The van der Waals surface area contributed by atoms with E-state index in [1.54, 1.807) is 30.3 Å². The lowest BCUT2D eigenvalue weighted by atomic mass is 10.1. The van der Waals surface area contributed by atoms with E-state index in [-0.39, 0.29) is 22.6 Å². The molecule has 0 spiro atoms. The summed E-state index contributed by atoms with van der Waals surface area (Å²) in [7, 11) is 0. The number of carbonyl (C=O) groups excluding carboxylic acids is 3. The number of imide groups is 2. The molecule has 1 aromatic heterocycles. The molecule has 0 radical (unpaired) electrons. The number of rotatable bonds is 6. The fourth-order valence-electron chi connectivity index (χ4n) is 3.28. The van der Waals surface area contributed by atoms with Crippen molar-refractivity contribution < 1.29 is 33.4 Å². The summed E-state index contributed by atoms with van der Waals surface area (Å²) in [5.41, 5.74) is 0.592. The second-order valence-corrected chi connectivity index (χ2v) is 6.97. The van der Waals surface area contributed by atoms with Crippen LogP contribution in [0.15, 0.2) is 70.7 Å². The maximum absolute atomic E-state index is 13.0. The van der Waals surface area contributed by atoms with E-state index in [1.165, 1.54) is 36.4 Å². The van der Waals surface area contributed by atoms with Crippen LogP contribution >= 0.6 is 0 Å². The molecule has 2 N–H and O–H groups in total. The molecule has 4 amide bonds. The normalized spacial score (nSPS) is 15.0. The smallest absolute Gasteiger partial charge is 0.335 e. The van der Waals surface area contributed by atoms with Crippen molar-refractivity contribution in [2.24, 2.45) is 0 Å². The molecule has 1 saturated heterocycles. The Morgan fingerprint density at radius 2 is 1.85 bits per heavy atom. The SMILES string of the molecule is CCOc1ccc(N2C(=O)NC(=O)/C(=C\c3ccc(-c4cccc(C(=O)O)c4)o3)C2=O)cc1. The van der Waals surface area contributed by atoms with E-state index in [0.29, 0.717) is 23.7 Å². The van der Waals surface area contributed by atoms with Crippen molar-refractivity contribution in [3.05, 3.63) is 77.6 Å². The van der Waals surface area contributed by atoms with E-state index in [2.05, 4.69) is 5.32 Å². The molecule has 1 aliphatic rings. The van der Waals surface area contributed by atoms with Gasteiger partial charge in [-0.3, -0.25) is 14.9 Å². The standard InChI is InChI=1S/C24H18N2O7/c1-2-32-17-8-6-16(7-9-17)26-22(28)19(21(27)25-24(26)31)13-18-10-11-20(33-18)14-4-3-5-15(12-14)23(29)30/h3-13H,2H2,1H3,(H,29,30)(H,25,27,31)/b19-13+.